The lowest BCUT2D eigenvalue weighted by Gasteiger charge is -2.06. The van der Waals surface area contributed by atoms with Gasteiger partial charge in [0.25, 0.3) is 5.91 Å². The average Bonchev–Trinajstić information content (AvgIpc) is 3.28. The molecule has 0 unspecified atom stereocenters. The van der Waals surface area contributed by atoms with Gasteiger partial charge in [-0.05, 0) is 67.3 Å². The third kappa shape index (κ3) is 5.03. The third-order valence-electron chi connectivity index (χ3n) is 4.34. The fourth-order valence-corrected chi connectivity index (χ4v) is 3.68. The lowest BCUT2D eigenvalue weighted by atomic mass is 10.1. The summed E-state index contributed by atoms with van der Waals surface area (Å²) in [5, 5.41) is 11.5. The highest BCUT2D eigenvalue weighted by molar-refractivity contribution is 9.10. The number of carbonyl (C=O) groups excluding carboxylic acids is 1. The maximum Gasteiger partial charge on any atom is 0.256 e. The number of halogens is 3. The van der Waals surface area contributed by atoms with E-state index < -0.39 is 0 Å². The van der Waals surface area contributed by atoms with Crippen LogP contribution in [0.5, 0.6) is 0 Å². The van der Waals surface area contributed by atoms with Gasteiger partial charge in [0, 0.05) is 18.0 Å². The minimum absolute atomic E-state index is 0.258. The monoisotopic (exact) mass is 531 g/mol. The minimum Gasteiger partial charge on any atom is -0.304 e. The van der Waals surface area contributed by atoms with Gasteiger partial charge >= 0.3 is 0 Å². The van der Waals surface area contributed by atoms with E-state index in [4.69, 9.17) is 0 Å². The molecule has 1 N–H and O–H groups in total. The number of hydrogen-bond donors (Lipinski definition) is 1. The first-order valence-electron chi connectivity index (χ1n) is 9.02. The molecule has 0 radical (unpaired) electrons. The van der Waals surface area contributed by atoms with Crippen molar-refractivity contribution >= 4 is 43.6 Å². The zero-order valence-electron chi connectivity index (χ0n) is 15.6. The van der Waals surface area contributed by atoms with Crippen molar-refractivity contribution in [3.8, 4) is 0 Å². The van der Waals surface area contributed by atoms with Crippen molar-refractivity contribution in [2.45, 2.75) is 13.1 Å². The molecule has 9 heteroatoms. The third-order valence-corrected chi connectivity index (χ3v) is 5.33. The first-order chi connectivity index (χ1) is 14.5. The predicted octanol–water partition coefficient (Wildman–Crippen LogP) is 5.09. The lowest BCUT2D eigenvalue weighted by Crippen LogP contribution is -2.14. The Labute approximate surface area is 189 Å². The van der Waals surface area contributed by atoms with E-state index in [1.165, 1.54) is 12.1 Å². The van der Waals surface area contributed by atoms with E-state index in [0.29, 0.717) is 28.9 Å². The van der Waals surface area contributed by atoms with E-state index >= 15 is 0 Å². The molecule has 0 aliphatic carbocycles. The molecule has 6 nitrogen and oxygen atoms in total. The van der Waals surface area contributed by atoms with Gasteiger partial charge in [0.05, 0.1) is 28.2 Å². The second kappa shape index (κ2) is 8.93. The molecule has 1 amide bonds. The Kier molecular flexibility index (Phi) is 6.10. The molecular formula is C21H16Br2FN5O. The van der Waals surface area contributed by atoms with Crippen molar-refractivity contribution in [2.75, 3.05) is 5.32 Å². The van der Waals surface area contributed by atoms with Crippen LogP contribution in [-0.2, 0) is 13.1 Å². The van der Waals surface area contributed by atoms with Gasteiger partial charge in [0.15, 0.2) is 5.82 Å². The highest BCUT2D eigenvalue weighted by atomic mass is 79.9. The highest BCUT2D eigenvalue weighted by Crippen LogP contribution is 2.22. The molecule has 0 fully saturated rings. The minimum atomic E-state index is -0.282. The molecule has 2 aromatic heterocycles. The summed E-state index contributed by atoms with van der Waals surface area (Å²) in [6.45, 7) is 1.02. The molecule has 152 valence electrons. The second-order valence-corrected chi connectivity index (χ2v) is 8.43. The van der Waals surface area contributed by atoms with Crippen LogP contribution in [-0.4, -0.2) is 25.5 Å². The summed E-state index contributed by atoms with van der Waals surface area (Å²) in [4.78, 5) is 12.7. The Morgan fingerprint density at radius 2 is 1.77 bits per heavy atom. The van der Waals surface area contributed by atoms with E-state index in [1.807, 2.05) is 24.4 Å². The average molecular weight is 533 g/mol. The van der Waals surface area contributed by atoms with Crippen LogP contribution in [0.2, 0.25) is 0 Å². The number of nitrogens with one attached hydrogen (secondary N) is 1. The Hall–Kier alpha value is -2.78. The zero-order valence-corrected chi connectivity index (χ0v) is 18.8. The van der Waals surface area contributed by atoms with E-state index in [9.17, 15) is 9.18 Å². The lowest BCUT2D eigenvalue weighted by molar-refractivity contribution is 0.102. The molecule has 0 saturated carbocycles. The number of nitrogens with zero attached hydrogens (tertiary/aromatic N) is 4. The molecule has 2 aromatic carbocycles. The van der Waals surface area contributed by atoms with Gasteiger partial charge in [-0.3, -0.25) is 14.2 Å². The maximum absolute atomic E-state index is 13.1. The normalized spacial score (nSPS) is 10.9. The Bertz CT molecular complexity index is 1190. The highest BCUT2D eigenvalue weighted by Gasteiger charge is 2.13. The molecule has 0 atom stereocenters. The van der Waals surface area contributed by atoms with Gasteiger partial charge in [-0.1, -0.05) is 24.3 Å². The number of anilines is 1. The molecule has 0 spiro atoms. The smallest absolute Gasteiger partial charge is 0.256 e. The first kappa shape index (κ1) is 20.5. The molecule has 0 bridgehead atoms. The van der Waals surface area contributed by atoms with Gasteiger partial charge in [-0.2, -0.15) is 10.2 Å². The summed E-state index contributed by atoms with van der Waals surface area (Å²) >= 11 is 6.81. The summed E-state index contributed by atoms with van der Waals surface area (Å²) in [5.74, 6) is -0.120. The molecule has 0 aliphatic heterocycles. The predicted molar refractivity (Wildman–Crippen MR) is 119 cm³/mol. The van der Waals surface area contributed by atoms with Crippen LogP contribution in [0.3, 0.4) is 0 Å². The standard InChI is InChI=1S/C21H16Br2FN5O/c22-17-9-25-28(12-17)11-15-2-1-3-16(8-15)21(30)26-20-19(23)13-29(27-20)10-14-4-6-18(24)7-5-14/h1-9,12-13H,10-11H2,(H,26,27,30). The number of rotatable bonds is 6. The van der Waals surface area contributed by atoms with E-state index in [2.05, 4.69) is 47.4 Å². The summed E-state index contributed by atoms with van der Waals surface area (Å²) in [5.41, 5.74) is 2.39. The fraction of sp³-hybridized carbons (Fsp3) is 0.0952. The number of hydrogen-bond acceptors (Lipinski definition) is 3. The van der Waals surface area contributed by atoms with E-state index in [-0.39, 0.29) is 11.7 Å². The molecule has 4 aromatic rings. The molecule has 0 aliphatic rings. The SMILES string of the molecule is O=C(Nc1nn(Cc2ccc(F)cc2)cc1Br)c1cccc(Cn2cc(Br)cn2)c1. The second-order valence-electron chi connectivity index (χ2n) is 6.66. The van der Waals surface area contributed by atoms with Crippen LogP contribution in [0.25, 0.3) is 0 Å². The summed E-state index contributed by atoms with van der Waals surface area (Å²) in [6.07, 6.45) is 5.36. The number of carbonyl (C=O) groups is 1. The van der Waals surface area contributed by atoms with Gasteiger partial charge < -0.3 is 5.32 Å². The Balaban J connectivity index is 1.45. The van der Waals surface area contributed by atoms with Crippen molar-refractivity contribution in [3.63, 3.8) is 0 Å². The Morgan fingerprint density at radius 1 is 1.00 bits per heavy atom. The molecule has 30 heavy (non-hydrogen) atoms. The van der Waals surface area contributed by atoms with E-state index in [0.717, 1.165) is 15.6 Å². The molecule has 0 saturated heterocycles. The maximum atomic E-state index is 13.1. The van der Waals surface area contributed by atoms with Crippen LogP contribution < -0.4 is 5.32 Å². The van der Waals surface area contributed by atoms with Gasteiger partial charge in [-0.15, -0.1) is 0 Å². The number of benzene rings is 2. The summed E-state index contributed by atoms with van der Waals surface area (Å²) in [7, 11) is 0. The van der Waals surface area contributed by atoms with Crippen molar-refractivity contribution in [3.05, 3.63) is 98.6 Å². The number of amides is 1. The van der Waals surface area contributed by atoms with Crippen LogP contribution in [0.1, 0.15) is 21.5 Å². The number of aromatic nitrogens is 4. The van der Waals surface area contributed by atoms with Gasteiger partial charge in [0.2, 0.25) is 0 Å². The zero-order chi connectivity index (χ0) is 21.1. The summed E-state index contributed by atoms with van der Waals surface area (Å²) < 4.78 is 18.1. The quantitative estimate of drug-likeness (QED) is 0.376. The first-order valence-corrected chi connectivity index (χ1v) is 10.6. The van der Waals surface area contributed by atoms with Gasteiger partial charge in [0.1, 0.15) is 5.82 Å². The van der Waals surface area contributed by atoms with Crippen LogP contribution >= 0.6 is 31.9 Å². The molecular weight excluding hydrogens is 517 g/mol. The topological polar surface area (TPSA) is 64.7 Å². The molecule has 4 rings (SSSR count). The summed E-state index contributed by atoms with van der Waals surface area (Å²) in [6, 6.07) is 13.6. The van der Waals surface area contributed by atoms with Crippen molar-refractivity contribution in [2.24, 2.45) is 0 Å². The van der Waals surface area contributed by atoms with Crippen molar-refractivity contribution < 1.29 is 9.18 Å². The largest absolute Gasteiger partial charge is 0.304 e. The Morgan fingerprint density at radius 3 is 2.50 bits per heavy atom. The van der Waals surface area contributed by atoms with Crippen molar-refractivity contribution in [1.29, 1.82) is 0 Å². The van der Waals surface area contributed by atoms with Crippen molar-refractivity contribution in [1.82, 2.24) is 19.6 Å². The van der Waals surface area contributed by atoms with Crippen LogP contribution in [0.15, 0.2) is 76.1 Å². The molecule has 2 heterocycles. The van der Waals surface area contributed by atoms with Crippen LogP contribution in [0.4, 0.5) is 10.2 Å². The van der Waals surface area contributed by atoms with Gasteiger partial charge in [-0.25, -0.2) is 4.39 Å². The van der Waals surface area contributed by atoms with Crippen LogP contribution in [0, 0.1) is 5.82 Å². The van der Waals surface area contributed by atoms with E-state index in [1.54, 1.807) is 40.0 Å². The fourth-order valence-electron chi connectivity index (χ4n) is 2.94.